The highest BCUT2D eigenvalue weighted by Crippen LogP contribution is 2.29. The van der Waals surface area contributed by atoms with Crippen molar-refractivity contribution < 1.29 is 9.53 Å². The van der Waals surface area contributed by atoms with Crippen LogP contribution in [0.5, 0.6) is 0 Å². The van der Waals surface area contributed by atoms with E-state index in [0.29, 0.717) is 13.2 Å². The number of benzene rings is 1. The van der Waals surface area contributed by atoms with Gasteiger partial charge in [-0.2, -0.15) is 0 Å². The lowest BCUT2D eigenvalue weighted by atomic mass is 9.87. The van der Waals surface area contributed by atoms with Crippen LogP contribution in [0, 0.1) is 0 Å². The fourth-order valence-corrected chi connectivity index (χ4v) is 2.29. The van der Waals surface area contributed by atoms with Gasteiger partial charge in [0.1, 0.15) is 11.9 Å². The van der Waals surface area contributed by atoms with Crippen LogP contribution in [-0.2, 0) is 21.5 Å². The summed E-state index contributed by atoms with van der Waals surface area (Å²) < 4.78 is 5.30. The summed E-state index contributed by atoms with van der Waals surface area (Å²) in [6, 6.07) is 9.90. The Bertz CT molecular complexity index is 583. The molecule has 0 bridgehead atoms. The molecule has 0 aliphatic carbocycles. The van der Waals surface area contributed by atoms with Crippen LogP contribution in [-0.4, -0.2) is 29.1 Å². The van der Waals surface area contributed by atoms with E-state index in [1.807, 2.05) is 30.3 Å². The van der Waals surface area contributed by atoms with Gasteiger partial charge in [-0.25, -0.2) is 9.97 Å². The lowest BCUT2D eigenvalue weighted by Crippen LogP contribution is -2.59. The standard InChI is InChI=1S/C15H15N3O2/c19-14(6-12-7-16-11-17-8-12)18-15(9-20-10-15)13-4-2-1-3-5-13/h1-5,7-8,11H,6,9-10H2,(H,18,19). The number of carbonyl (C=O) groups is 1. The maximum atomic E-state index is 12.2. The van der Waals surface area contributed by atoms with Gasteiger partial charge in [0.2, 0.25) is 5.91 Å². The normalized spacial score (nSPS) is 16.2. The predicted octanol–water partition coefficient (Wildman–Crippen LogP) is 1.06. The van der Waals surface area contributed by atoms with Crippen molar-refractivity contribution in [1.29, 1.82) is 0 Å². The van der Waals surface area contributed by atoms with Gasteiger partial charge in [-0.05, 0) is 11.1 Å². The van der Waals surface area contributed by atoms with Gasteiger partial charge in [-0.1, -0.05) is 30.3 Å². The Morgan fingerprint density at radius 2 is 1.90 bits per heavy atom. The van der Waals surface area contributed by atoms with Crippen molar-refractivity contribution in [1.82, 2.24) is 15.3 Å². The first kappa shape index (κ1) is 12.7. The molecule has 0 atom stereocenters. The van der Waals surface area contributed by atoms with Gasteiger partial charge in [0, 0.05) is 12.4 Å². The van der Waals surface area contributed by atoms with Crippen LogP contribution in [0.25, 0.3) is 0 Å². The number of hydrogen-bond donors (Lipinski definition) is 1. The second kappa shape index (κ2) is 5.38. The minimum absolute atomic E-state index is 0.0491. The Hall–Kier alpha value is -2.27. The molecule has 0 unspecified atom stereocenters. The minimum Gasteiger partial charge on any atom is -0.376 e. The summed E-state index contributed by atoms with van der Waals surface area (Å²) >= 11 is 0. The van der Waals surface area contributed by atoms with Crippen molar-refractivity contribution in [3.63, 3.8) is 0 Å². The van der Waals surface area contributed by atoms with Crippen LogP contribution < -0.4 is 5.32 Å². The summed E-state index contributed by atoms with van der Waals surface area (Å²) in [4.78, 5) is 20.0. The number of carbonyl (C=O) groups excluding carboxylic acids is 1. The van der Waals surface area contributed by atoms with Gasteiger partial charge in [0.05, 0.1) is 19.6 Å². The summed E-state index contributed by atoms with van der Waals surface area (Å²) in [5.41, 5.74) is 1.48. The topological polar surface area (TPSA) is 64.1 Å². The van der Waals surface area contributed by atoms with Crippen molar-refractivity contribution in [2.75, 3.05) is 13.2 Å². The number of nitrogens with one attached hydrogen (secondary N) is 1. The van der Waals surface area contributed by atoms with E-state index in [9.17, 15) is 4.79 Å². The number of hydrogen-bond acceptors (Lipinski definition) is 4. The molecular formula is C15H15N3O2. The summed E-state index contributed by atoms with van der Waals surface area (Å²) in [5, 5.41) is 3.08. The fourth-order valence-electron chi connectivity index (χ4n) is 2.29. The van der Waals surface area contributed by atoms with E-state index in [0.717, 1.165) is 11.1 Å². The van der Waals surface area contributed by atoms with Gasteiger partial charge in [0.25, 0.3) is 0 Å². The van der Waals surface area contributed by atoms with Crippen molar-refractivity contribution in [3.05, 3.63) is 60.2 Å². The molecule has 0 radical (unpaired) electrons. The molecule has 1 amide bonds. The average Bonchev–Trinajstić information content (AvgIpc) is 2.45. The zero-order valence-electron chi connectivity index (χ0n) is 11.0. The molecule has 5 heteroatoms. The highest BCUT2D eigenvalue weighted by Gasteiger charge is 2.41. The van der Waals surface area contributed by atoms with Crippen molar-refractivity contribution in [2.45, 2.75) is 12.0 Å². The maximum Gasteiger partial charge on any atom is 0.225 e. The molecule has 20 heavy (non-hydrogen) atoms. The lowest BCUT2D eigenvalue weighted by Gasteiger charge is -2.42. The van der Waals surface area contributed by atoms with Crippen LogP contribution in [0.15, 0.2) is 49.1 Å². The lowest BCUT2D eigenvalue weighted by molar-refractivity contribution is -0.133. The second-order valence-corrected chi connectivity index (χ2v) is 4.91. The molecule has 1 aromatic heterocycles. The zero-order chi connectivity index (χ0) is 13.8. The number of ether oxygens (including phenoxy) is 1. The van der Waals surface area contributed by atoms with Gasteiger partial charge in [-0.3, -0.25) is 4.79 Å². The minimum atomic E-state index is -0.395. The average molecular weight is 269 g/mol. The fraction of sp³-hybridized carbons (Fsp3) is 0.267. The van der Waals surface area contributed by atoms with Crippen LogP contribution in [0.2, 0.25) is 0 Å². The van der Waals surface area contributed by atoms with Crippen LogP contribution in [0.3, 0.4) is 0 Å². The van der Waals surface area contributed by atoms with Crippen LogP contribution in [0.1, 0.15) is 11.1 Å². The molecular weight excluding hydrogens is 254 g/mol. The van der Waals surface area contributed by atoms with Crippen molar-refractivity contribution in [3.8, 4) is 0 Å². The molecule has 1 N–H and O–H groups in total. The van der Waals surface area contributed by atoms with E-state index in [2.05, 4.69) is 15.3 Å². The third kappa shape index (κ3) is 2.53. The zero-order valence-corrected chi connectivity index (χ0v) is 11.0. The molecule has 2 aromatic rings. The molecule has 1 aliphatic heterocycles. The second-order valence-electron chi connectivity index (χ2n) is 4.91. The molecule has 102 valence electrons. The number of aromatic nitrogens is 2. The van der Waals surface area contributed by atoms with Gasteiger partial charge >= 0.3 is 0 Å². The third-order valence-corrected chi connectivity index (χ3v) is 3.38. The number of nitrogens with zero attached hydrogens (tertiary/aromatic N) is 2. The third-order valence-electron chi connectivity index (χ3n) is 3.38. The highest BCUT2D eigenvalue weighted by atomic mass is 16.5. The van der Waals surface area contributed by atoms with Gasteiger partial charge < -0.3 is 10.1 Å². The first-order chi connectivity index (χ1) is 9.78. The number of amides is 1. The van der Waals surface area contributed by atoms with Gasteiger partial charge in [0.15, 0.2) is 0 Å². The van der Waals surface area contributed by atoms with Crippen LogP contribution in [0.4, 0.5) is 0 Å². The monoisotopic (exact) mass is 269 g/mol. The quantitative estimate of drug-likeness (QED) is 0.901. The molecule has 0 spiro atoms. The molecule has 1 aliphatic rings. The first-order valence-corrected chi connectivity index (χ1v) is 6.47. The Morgan fingerprint density at radius 1 is 1.20 bits per heavy atom. The number of rotatable bonds is 4. The van der Waals surface area contributed by atoms with Gasteiger partial charge in [-0.15, -0.1) is 0 Å². The Labute approximate surface area is 117 Å². The highest BCUT2D eigenvalue weighted by molar-refractivity contribution is 5.79. The van der Waals surface area contributed by atoms with E-state index >= 15 is 0 Å². The summed E-state index contributed by atoms with van der Waals surface area (Å²) in [5.74, 6) is -0.0491. The Kier molecular flexibility index (Phi) is 3.43. The van der Waals surface area contributed by atoms with Crippen molar-refractivity contribution in [2.24, 2.45) is 0 Å². The summed E-state index contributed by atoms with van der Waals surface area (Å²) in [7, 11) is 0. The molecule has 5 nitrogen and oxygen atoms in total. The first-order valence-electron chi connectivity index (χ1n) is 6.47. The molecule has 2 heterocycles. The summed E-state index contributed by atoms with van der Waals surface area (Å²) in [6.07, 6.45) is 5.03. The van der Waals surface area contributed by atoms with Crippen molar-refractivity contribution >= 4 is 5.91 Å². The molecule has 1 aromatic carbocycles. The van der Waals surface area contributed by atoms with E-state index < -0.39 is 5.54 Å². The van der Waals surface area contributed by atoms with E-state index in [-0.39, 0.29) is 12.3 Å². The Morgan fingerprint density at radius 3 is 2.50 bits per heavy atom. The largest absolute Gasteiger partial charge is 0.376 e. The predicted molar refractivity (Wildman–Crippen MR) is 72.8 cm³/mol. The maximum absolute atomic E-state index is 12.2. The molecule has 0 saturated carbocycles. The smallest absolute Gasteiger partial charge is 0.225 e. The molecule has 3 rings (SSSR count). The van der Waals surface area contributed by atoms with E-state index in [1.54, 1.807) is 12.4 Å². The molecule has 1 saturated heterocycles. The SMILES string of the molecule is O=C(Cc1cncnc1)NC1(c2ccccc2)COC1. The Balaban J connectivity index is 1.71. The molecule has 1 fully saturated rings. The van der Waals surface area contributed by atoms with E-state index in [4.69, 9.17) is 4.74 Å². The summed E-state index contributed by atoms with van der Waals surface area (Å²) in [6.45, 7) is 1.02. The van der Waals surface area contributed by atoms with Crippen LogP contribution >= 0.6 is 0 Å². The van der Waals surface area contributed by atoms with E-state index in [1.165, 1.54) is 6.33 Å².